The predicted octanol–water partition coefficient (Wildman–Crippen LogP) is 4.02. The van der Waals surface area contributed by atoms with Crippen LogP contribution in [0.5, 0.6) is 0 Å². The molecule has 0 aromatic heterocycles. The molecule has 1 saturated heterocycles. The third-order valence-corrected chi connectivity index (χ3v) is 7.95. The van der Waals surface area contributed by atoms with Crippen molar-refractivity contribution in [3.05, 3.63) is 64.2 Å². The van der Waals surface area contributed by atoms with Crippen LogP contribution in [0.1, 0.15) is 37.0 Å². The van der Waals surface area contributed by atoms with Gasteiger partial charge in [0, 0.05) is 42.9 Å². The highest BCUT2D eigenvalue weighted by atomic mass is 35.5. The summed E-state index contributed by atoms with van der Waals surface area (Å²) >= 11 is 6.02. The summed E-state index contributed by atoms with van der Waals surface area (Å²) in [5.74, 6) is 0.189. The number of hydrogen-bond acceptors (Lipinski definition) is 4. The Morgan fingerprint density at radius 2 is 1.79 bits per heavy atom. The topological polar surface area (TPSA) is 38.8 Å². The molecule has 0 radical (unpaired) electrons. The van der Waals surface area contributed by atoms with Crippen LogP contribution in [0, 0.1) is 0 Å². The smallest absolute Gasteiger partial charge is 0.240 e. The predicted molar refractivity (Wildman–Crippen MR) is 142 cm³/mol. The molecule has 1 N–H and O–H groups in total. The first-order valence-corrected chi connectivity index (χ1v) is 13.2. The SMILES string of the molecule is CCN(CC)[C@@H]1CCc2cccc(N3CCN(C(=O)[C@@H](Cc4ccc(Cl)cc4)NC)CC3)c2C1. The summed E-state index contributed by atoms with van der Waals surface area (Å²) in [5.41, 5.74) is 5.54. The molecule has 4 rings (SSSR count). The van der Waals surface area contributed by atoms with Gasteiger partial charge in [-0.3, -0.25) is 4.79 Å². The van der Waals surface area contributed by atoms with E-state index in [1.807, 2.05) is 36.2 Å². The summed E-state index contributed by atoms with van der Waals surface area (Å²) in [7, 11) is 1.87. The third-order valence-electron chi connectivity index (χ3n) is 7.70. The first-order valence-electron chi connectivity index (χ1n) is 12.8. The molecule has 0 unspecified atom stereocenters. The molecule has 2 atom stereocenters. The standard InChI is InChI=1S/C28H39ClN4O/c1-4-31(5-2)24-14-11-22-7-6-8-27(25(22)20-24)32-15-17-33(18-16-32)28(34)26(30-3)19-21-9-12-23(29)13-10-21/h6-10,12-13,24,26,30H,4-5,11,14-20H2,1-3H3/t24-,26-/m1/s1. The van der Waals surface area contributed by atoms with Gasteiger partial charge in [0.15, 0.2) is 0 Å². The summed E-state index contributed by atoms with van der Waals surface area (Å²) in [6, 6.07) is 15.0. The molecule has 1 aliphatic carbocycles. The highest BCUT2D eigenvalue weighted by molar-refractivity contribution is 6.30. The lowest BCUT2D eigenvalue weighted by atomic mass is 9.86. The summed E-state index contributed by atoms with van der Waals surface area (Å²) in [6.07, 6.45) is 4.22. The van der Waals surface area contributed by atoms with Gasteiger partial charge in [-0.2, -0.15) is 0 Å². The molecule has 2 aliphatic rings. The number of aryl methyl sites for hydroxylation is 1. The van der Waals surface area contributed by atoms with Crippen LogP contribution < -0.4 is 10.2 Å². The lowest BCUT2D eigenvalue weighted by Crippen LogP contribution is -2.54. The van der Waals surface area contributed by atoms with Gasteiger partial charge >= 0.3 is 0 Å². The van der Waals surface area contributed by atoms with Gasteiger partial charge < -0.3 is 20.0 Å². The van der Waals surface area contributed by atoms with Crippen molar-refractivity contribution in [1.82, 2.24) is 15.1 Å². The van der Waals surface area contributed by atoms with Crippen LogP contribution in [-0.4, -0.2) is 74.1 Å². The number of fused-ring (bicyclic) bond motifs is 1. The average molecular weight is 483 g/mol. The lowest BCUT2D eigenvalue weighted by molar-refractivity contribution is -0.133. The van der Waals surface area contributed by atoms with Crippen LogP contribution in [0.4, 0.5) is 5.69 Å². The Morgan fingerprint density at radius 3 is 2.44 bits per heavy atom. The number of benzene rings is 2. The van der Waals surface area contributed by atoms with Crippen molar-refractivity contribution in [1.29, 1.82) is 0 Å². The number of amides is 1. The molecule has 0 spiro atoms. The maximum absolute atomic E-state index is 13.3. The van der Waals surface area contributed by atoms with Crippen molar-refractivity contribution >= 4 is 23.2 Å². The molecule has 6 heteroatoms. The van der Waals surface area contributed by atoms with E-state index < -0.39 is 0 Å². The second-order valence-electron chi connectivity index (χ2n) is 9.52. The molecule has 5 nitrogen and oxygen atoms in total. The Kier molecular flexibility index (Phi) is 8.51. The van der Waals surface area contributed by atoms with E-state index in [1.165, 1.54) is 23.2 Å². The highest BCUT2D eigenvalue weighted by Gasteiger charge is 2.30. The van der Waals surface area contributed by atoms with E-state index >= 15 is 0 Å². The third kappa shape index (κ3) is 5.59. The van der Waals surface area contributed by atoms with Gasteiger partial charge in [0.25, 0.3) is 0 Å². The van der Waals surface area contributed by atoms with Gasteiger partial charge in [0.2, 0.25) is 5.91 Å². The number of rotatable bonds is 8. The fourth-order valence-corrected chi connectivity index (χ4v) is 5.78. The molecular formula is C28H39ClN4O. The van der Waals surface area contributed by atoms with Crippen LogP contribution >= 0.6 is 11.6 Å². The van der Waals surface area contributed by atoms with Gasteiger partial charge in [0.05, 0.1) is 6.04 Å². The van der Waals surface area contributed by atoms with Crippen LogP contribution in [0.3, 0.4) is 0 Å². The van der Waals surface area contributed by atoms with E-state index in [2.05, 4.69) is 47.2 Å². The van der Waals surface area contributed by atoms with E-state index in [-0.39, 0.29) is 11.9 Å². The largest absolute Gasteiger partial charge is 0.368 e. The number of nitrogens with zero attached hydrogens (tertiary/aromatic N) is 3. The van der Waals surface area contributed by atoms with Crippen LogP contribution in [0.15, 0.2) is 42.5 Å². The van der Waals surface area contributed by atoms with Crippen LogP contribution in [-0.2, 0) is 24.1 Å². The van der Waals surface area contributed by atoms with E-state index in [4.69, 9.17) is 11.6 Å². The number of nitrogens with one attached hydrogen (secondary N) is 1. The van der Waals surface area contributed by atoms with E-state index in [0.29, 0.717) is 12.5 Å². The number of carbonyl (C=O) groups excluding carboxylic acids is 1. The summed E-state index contributed by atoms with van der Waals surface area (Å²) in [4.78, 5) is 20.4. The zero-order chi connectivity index (χ0) is 24.1. The van der Waals surface area contributed by atoms with E-state index in [0.717, 1.165) is 62.7 Å². The first-order chi connectivity index (χ1) is 16.5. The molecule has 0 bridgehead atoms. The van der Waals surface area contributed by atoms with Crippen molar-refractivity contribution in [3.8, 4) is 0 Å². The van der Waals surface area contributed by atoms with Crippen LogP contribution in [0.2, 0.25) is 5.02 Å². The van der Waals surface area contributed by atoms with Crippen LogP contribution in [0.25, 0.3) is 0 Å². The molecule has 1 fully saturated rings. The molecule has 2 aromatic carbocycles. The molecule has 1 amide bonds. The summed E-state index contributed by atoms with van der Waals surface area (Å²) < 4.78 is 0. The van der Waals surface area contributed by atoms with Crippen molar-refractivity contribution in [2.24, 2.45) is 0 Å². The normalized spacial score (nSPS) is 19.3. The number of hydrogen-bond donors (Lipinski definition) is 1. The van der Waals surface area contributed by atoms with Crippen molar-refractivity contribution in [2.75, 3.05) is 51.2 Å². The Bertz CT molecular complexity index is 951. The second kappa shape index (κ2) is 11.6. The van der Waals surface area contributed by atoms with E-state index in [9.17, 15) is 4.79 Å². The van der Waals surface area contributed by atoms with Gasteiger partial charge in [-0.25, -0.2) is 0 Å². The Labute approximate surface area is 210 Å². The minimum Gasteiger partial charge on any atom is -0.368 e. The number of halogens is 1. The number of carbonyl (C=O) groups is 1. The Hall–Kier alpha value is -2.08. The fourth-order valence-electron chi connectivity index (χ4n) is 5.66. The Balaban J connectivity index is 1.40. The molecule has 1 aliphatic heterocycles. The van der Waals surface area contributed by atoms with E-state index in [1.54, 1.807) is 0 Å². The molecule has 34 heavy (non-hydrogen) atoms. The summed E-state index contributed by atoms with van der Waals surface area (Å²) in [6.45, 7) is 10.1. The highest BCUT2D eigenvalue weighted by Crippen LogP contribution is 2.33. The van der Waals surface area contributed by atoms with Crippen molar-refractivity contribution in [2.45, 2.75) is 51.6 Å². The maximum Gasteiger partial charge on any atom is 0.240 e. The minimum absolute atomic E-state index is 0.189. The van der Waals surface area contributed by atoms with Gasteiger partial charge in [-0.05, 0) is 80.7 Å². The molecule has 2 aromatic rings. The zero-order valence-corrected chi connectivity index (χ0v) is 21.7. The number of piperazine rings is 1. The minimum atomic E-state index is -0.216. The second-order valence-corrected chi connectivity index (χ2v) is 9.95. The summed E-state index contributed by atoms with van der Waals surface area (Å²) in [5, 5.41) is 3.95. The first kappa shape index (κ1) is 25.0. The fraction of sp³-hybridized carbons (Fsp3) is 0.536. The molecule has 1 heterocycles. The molecular weight excluding hydrogens is 444 g/mol. The Morgan fingerprint density at radius 1 is 1.09 bits per heavy atom. The van der Waals surface area contributed by atoms with Gasteiger partial charge in [-0.1, -0.05) is 49.7 Å². The zero-order valence-electron chi connectivity index (χ0n) is 20.9. The van der Waals surface area contributed by atoms with Crippen molar-refractivity contribution < 1.29 is 4.79 Å². The number of likely N-dealkylation sites (N-methyl/N-ethyl adjacent to an activating group) is 2. The average Bonchev–Trinajstić information content (AvgIpc) is 2.88. The number of anilines is 1. The molecule has 0 saturated carbocycles. The van der Waals surface area contributed by atoms with Gasteiger partial charge in [-0.15, -0.1) is 0 Å². The quantitative estimate of drug-likeness (QED) is 0.616. The molecule has 184 valence electrons. The lowest BCUT2D eigenvalue weighted by Gasteiger charge is -2.40. The monoisotopic (exact) mass is 482 g/mol. The van der Waals surface area contributed by atoms with Gasteiger partial charge in [0.1, 0.15) is 0 Å². The maximum atomic E-state index is 13.3. The van der Waals surface area contributed by atoms with Crippen molar-refractivity contribution in [3.63, 3.8) is 0 Å².